The maximum Gasteiger partial charge on any atom is 0.319 e. The second kappa shape index (κ2) is 8.93. The molecular formula is C21H22N2O4S. The molecule has 0 spiro atoms. The number of carbonyl (C=O) groups excluding carboxylic acids is 3. The van der Waals surface area contributed by atoms with E-state index in [2.05, 4.69) is 5.32 Å². The van der Waals surface area contributed by atoms with Crippen molar-refractivity contribution >= 4 is 40.9 Å². The van der Waals surface area contributed by atoms with Gasteiger partial charge in [0, 0.05) is 17.4 Å². The van der Waals surface area contributed by atoms with E-state index in [1.54, 1.807) is 38.1 Å². The van der Waals surface area contributed by atoms with E-state index >= 15 is 0 Å². The minimum atomic E-state index is -0.452. The average molecular weight is 398 g/mol. The van der Waals surface area contributed by atoms with E-state index in [0.717, 1.165) is 4.90 Å². The summed E-state index contributed by atoms with van der Waals surface area (Å²) in [6.07, 6.45) is 0.175. The van der Waals surface area contributed by atoms with Crippen molar-refractivity contribution in [1.82, 2.24) is 0 Å². The van der Waals surface area contributed by atoms with Crippen LogP contribution < -0.4 is 10.2 Å². The zero-order valence-electron chi connectivity index (χ0n) is 15.8. The molecule has 0 fully saturated rings. The number of esters is 1. The predicted molar refractivity (Wildman–Crippen MR) is 109 cm³/mol. The van der Waals surface area contributed by atoms with Gasteiger partial charge in [0.2, 0.25) is 5.91 Å². The van der Waals surface area contributed by atoms with Gasteiger partial charge in [0.15, 0.2) is 6.61 Å². The van der Waals surface area contributed by atoms with Crippen molar-refractivity contribution in [2.45, 2.75) is 36.5 Å². The Bertz CT molecular complexity index is 872. The highest BCUT2D eigenvalue weighted by Crippen LogP contribution is 2.31. The monoisotopic (exact) mass is 398 g/mol. The van der Waals surface area contributed by atoms with Gasteiger partial charge in [-0.25, -0.2) is 0 Å². The lowest BCUT2D eigenvalue weighted by molar-refractivity contribution is -0.147. The van der Waals surface area contributed by atoms with Crippen molar-refractivity contribution in [3.05, 3.63) is 54.6 Å². The van der Waals surface area contributed by atoms with Gasteiger partial charge in [0.25, 0.3) is 5.91 Å². The third-order valence-corrected chi connectivity index (χ3v) is 5.44. The summed E-state index contributed by atoms with van der Waals surface area (Å²) in [5.41, 5.74) is 1.18. The fourth-order valence-corrected chi connectivity index (χ4v) is 3.93. The second-order valence-electron chi connectivity index (χ2n) is 6.56. The summed E-state index contributed by atoms with van der Waals surface area (Å²) in [6.45, 7) is 3.18. The number of nitrogens with one attached hydrogen (secondary N) is 1. The fraction of sp³-hybridized carbons (Fsp3) is 0.286. The van der Waals surface area contributed by atoms with Crippen LogP contribution in [0.15, 0.2) is 59.5 Å². The summed E-state index contributed by atoms with van der Waals surface area (Å²) >= 11 is 1.38. The summed E-state index contributed by atoms with van der Waals surface area (Å²) in [5.74, 6) is -0.964. The van der Waals surface area contributed by atoms with Crippen LogP contribution in [0.1, 0.15) is 20.3 Å². The molecule has 2 amide bonds. The number of carbonyl (C=O) groups is 3. The SMILES string of the molecule is C[C@H](Sc1ccccc1)C(=O)OCC(=O)N1c2ccccc2NC(=O)C[C@@H]1C. The first-order chi connectivity index (χ1) is 13.5. The van der Waals surface area contributed by atoms with Crippen molar-refractivity contribution in [2.24, 2.45) is 0 Å². The van der Waals surface area contributed by atoms with Crippen LogP contribution >= 0.6 is 11.8 Å². The third kappa shape index (κ3) is 4.72. The highest BCUT2D eigenvalue weighted by Gasteiger charge is 2.30. The van der Waals surface area contributed by atoms with Gasteiger partial charge >= 0.3 is 5.97 Å². The Morgan fingerprint density at radius 3 is 2.61 bits per heavy atom. The van der Waals surface area contributed by atoms with E-state index in [-0.39, 0.29) is 30.9 Å². The Hall–Kier alpha value is -2.80. The molecule has 6 nitrogen and oxygen atoms in total. The Labute approximate surface area is 168 Å². The Morgan fingerprint density at radius 2 is 1.86 bits per heavy atom. The molecule has 2 atom stereocenters. The molecule has 1 aliphatic heterocycles. The molecule has 2 aromatic rings. The predicted octanol–water partition coefficient (Wildman–Crippen LogP) is 3.47. The number of ether oxygens (including phenoxy) is 1. The van der Waals surface area contributed by atoms with Crippen LogP contribution in [0.4, 0.5) is 11.4 Å². The van der Waals surface area contributed by atoms with Crippen molar-refractivity contribution in [3.8, 4) is 0 Å². The lowest BCUT2D eigenvalue weighted by Crippen LogP contribution is -2.42. The normalized spacial score (nSPS) is 17.1. The highest BCUT2D eigenvalue weighted by atomic mass is 32.2. The molecule has 3 rings (SSSR count). The van der Waals surface area contributed by atoms with Crippen molar-refractivity contribution < 1.29 is 19.1 Å². The van der Waals surface area contributed by atoms with Crippen LogP contribution in [-0.2, 0) is 19.1 Å². The molecule has 0 radical (unpaired) electrons. The number of amides is 2. The first-order valence-electron chi connectivity index (χ1n) is 9.05. The summed E-state index contributed by atoms with van der Waals surface area (Å²) in [5, 5.41) is 2.37. The minimum absolute atomic E-state index is 0.153. The van der Waals surface area contributed by atoms with E-state index in [9.17, 15) is 14.4 Å². The van der Waals surface area contributed by atoms with E-state index in [1.165, 1.54) is 16.7 Å². The molecule has 7 heteroatoms. The lowest BCUT2D eigenvalue weighted by atomic mass is 10.1. The van der Waals surface area contributed by atoms with Crippen LogP contribution in [0.5, 0.6) is 0 Å². The molecule has 2 aromatic carbocycles. The number of rotatable bonds is 5. The third-order valence-electron chi connectivity index (χ3n) is 4.35. The van der Waals surface area contributed by atoms with Gasteiger partial charge in [0.05, 0.1) is 11.4 Å². The molecule has 0 aliphatic carbocycles. The summed E-state index contributed by atoms with van der Waals surface area (Å²) in [7, 11) is 0. The molecule has 28 heavy (non-hydrogen) atoms. The average Bonchev–Trinajstić information content (AvgIpc) is 2.80. The summed E-state index contributed by atoms with van der Waals surface area (Å²) in [4.78, 5) is 39.6. The quantitative estimate of drug-likeness (QED) is 0.616. The van der Waals surface area contributed by atoms with Gasteiger partial charge in [-0.05, 0) is 38.1 Å². The molecule has 146 valence electrons. The van der Waals surface area contributed by atoms with Crippen LogP contribution in [-0.4, -0.2) is 35.7 Å². The van der Waals surface area contributed by atoms with E-state index < -0.39 is 11.2 Å². The summed E-state index contributed by atoms with van der Waals surface area (Å²) in [6, 6.07) is 16.3. The zero-order chi connectivity index (χ0) is 20.1. The number of thioether (sulfide) groups is 1. The number of nitrogens with zero attached hydrogens (tertiary/aromatic N) is 1. The number of fused-ring (bicyclic) bond motifs is 1. The number of hydrogen-bond donors (Lipinski definition) is 1. The van der Waals surface area contributed by atoms with Crippen molar-refractivity contribution in [3.63, 3.8) is 0 Å². The van der Waals surface area contributed by atoms with Gasteiger partial charge in [-0.3, -0.25) is 14.4 Å². The topological polar surface area (TPSA) is 75.7 Å². The largest absolute Gasteiger partial charge is 0.455 e. The minimum Gasteiger partial charge on any atom is -0.455 e. The molecule has 1 heterocycles. The zero-order valence-corrected chi connectivity index (χ0v) is 16.6. The number of anilines is 2. The Balaban J connectivity index is 1.65. The van der Waals surface area contributed by atoms with Crippen LogP contribution in [0, 0.1) is 0 Å². The number of para-hydroxylation sites is 2. The standard InChI is InChI=1S/C21H22N2O4S/c1-14-12-19(24)22-17-10-6-7-11-18(17)23(14)20(25)13-27-21(26)15(2)28-16-8-4-3-5-9-16/h3-11,14-15H,12-13H2,1-2H3,(H,22,24)/t14-,15-/m0/s1. The van der Waals surface area contributed by atoms with Gasteiger partial charge in [0.1, 0.15) is 5.25 Å². The Kier molecular flexibility index (Phi) is 6.36. The maximum absolute atomic E-state index is 12.8. The van der Waals surface area contributed by atoms with Gasteiger partial charge in [-0.2, -0.15) is 0 Å². The van der Waals surface area contributed by atoms with Crippen LogP contribution in [0.25, 0.3) is 0 Å². The van der Waals surface area contributed by atoms with Crippen LogP contribution in [0.3, 0.4) is 0 Å². The lowest BCUT2D eigenvalue weighted by Gasteiger charge is -2.27. The van der Waals surface area contributed by atoms with Gasteiger partial charge in [-0.15, -0.1) is 11.8 Å². The molecule has 0 unspecified atom stereocenters. The fourth-order valence-electron chi connectivity index (χ4n) is 3.04. The first-order valence-corrected chi connectivity index (χ1v) is 9.93. The number of hydrogen-bond acceptors (Lipinski definition) is 5. The van der Waals surface area contributed by atoms with Crippen LogP contribution in [0.2, 0.25) is 0 Å². The smallest absolute Gasteiger partial charge is 0.319 e. The number of benzene rings is 2. The van der Waals surface area contributed by atoms with E-state index in [1.807, 2.05) is 30.3 Å². The second-order valence-corrected chi connectivity index (χ2v) is 7.98. The van der Waals surface area contributed by atoms with Gasteiger partial charge in [-0.1, -0.05) is 30.3 Å². The van der Waals surface area contributed by atoms with Crippen molar-refractivity contribution in [1.29, 1.82) is 0 Å². The molecule has 1 aliphatic rings. The molecule has 0 saturated heterocycles. The Morgan fingerprint density at radius 1 is 1.18 bits per heavy atom. The molecule has 0 bridgehead atoms. The van der Waals surface area contributed by atoms with E-state index in [0.29, 0.717) is 11.4 Å². The molecule has 0 aromatic heterocycles. The van der Waals surface area contributed by atoms with E-state index in [4.69, 9.17) is 4.74 Å². The highest BCUT2D eigenvalue weighted by molar-refractivity contribution is 8.00. The maximum atomic E-state index is 12.8. The van der Waals surface area contributed by atoms with Crippen molar-refractivity contribution in [2.75, 3.05) is 16.8 Å². The first kappa shape index (κ1) is 19.9. The molecular weight excluding hydrogens is 376 g/mol. The molecule has 0 saturated carbocycles. The summed E-state index contributed by atoms with van der Waals surface area (Å²) < 4.78 is 5.27. The molecule has 1 N–H and O–H groups in total. The van der Waals surface area contributed by atoms with Gasteiger partial charge < -0.3 is 15.0 Å².